The molecule has 30 heavy (non-hydrogen) atoms. The summed E-state index contributed by atoms with van der Waals surface area (Å²) in [7, 11) is 1.31. The molecule has 7 heteroatoms. The van der Waals surface area contributed by atoms with Gasteiger partial charge >= 0.3 is 6.09 Å². The summed E-state index contributed by atoms with van der Waals surface area (Å²) in [6, 6.07) is 0.280. The summed E-state index contributed by atoms with van der Waals surface area (Å²) in [5.41, 5.74) is -0.534. The second kappa shape index (κ2) is 23.5. The molecule has 0 saturated carbocycles. The maximum Gasteiger partial charge on any atom is 0.408 e. The lowest BCUT2D eigenvalue weighted by atomic mass is 10.2. The Balaban J connectivity index is -0.000000214. The van der Waals surface area contributed by atoms with Gasteiger partial charge in [0.15, 0.2) is 0 Å². The minimum absolute atomic E-state index is 0.0131. The van der Waals surface area contributed by atoms with Gasteiger partial charge in [0.25, 0.3) is 6.47 Å². The molecule has 1 heterocycles. The van der Waals surface area contributed by atoms with Crippen molar-refractivity contribution in [2.75, 3.05) is 20.2 Å². The molecule has 0 aromatic heterocycles. The Hall–Kier alpha value is -1.79. The van der Waals surface area contributed by atoms with E-state index < -0.39 is 11.7 Å². The Kier molecular flexibility index (Phi) is 27.9. The van der Waals surface area contributed by atoms with Gasteiger partial charge in [0.2, 0.25) is 5.91 Å². The molecule has 1 aliphatic heterocycles. The molecule has 1 rings (SSSR count). The summed E-state index contributed by atoms with van der Waals surface area (Å²) in [4.78, 5) is 33.9. The predicted octanol–water partition coefficient (Wildman–Crippen LogP) is 5.42. The van der Waals surface area contributed by atoms with Gasteiger partial charge in [0.1, 0.15) is 12.1 Å². The van der Waals surface area contributed by atoms with Gasteiger partial charge in [-0.05, 0) is 46.5 Å². The van der Waals surface area contributed by atoms with Crippen molar-refractivity contribution in [1.82, 2.24) is 10.2 Å². The number of hydrogen-bond acceptors (Lipinski definition) is 5. The Labute approximate surface area is 186 Å². The number of methoxy groups -OCH3 is 1. The van der Waals surface area contributed by atoms with Crippen LogP contribution in [0.2, 0.25) is 0 Å². The van der Waals surface area contributed by atoms with Gasteiger partial charge in [0.05, 0.1) is 7.11 Å². The summed E-state index contributed by atoms with van der Waals surface area (Å²) >= 11 is 0. The van der Waals surface area contributed by atoms with Crippen LogP contribution in [0.15, 0.2) is 0 Å². The maximum absolute atomic E-state index is 11.8. The van der Waals surface area contributed by atoms with Gasteiger partial charge in [-0.1, -0.05) is 54.9 Å². The molecule has 1 unspecified atom stereocenters. The lowest BCUT2D eigenvalue weighted by Gasteiger charge is -2.23. The molecule has 0 bridgehead atoms. The third-order valence-corrected chi connectivity index (χ3v) is 2.75. The van der Waals surface area contributed by atoms with Crippen molar-refractivity contribution < 1.29 is 23.9 Å². The number of likely N-dealkylation sites (tertiary alicyclic amines) is 1. The highest BCUT2D eigenvalue weighted by Crippen LogP contribution is 2.15. The molecule has 182 valence electrons. The predicted molar refractivity (Wildman–Crippen MR) is 126 cm³/mol. The number of rotatable bonds is 3. The number of nitrogens with one attached hydrogen (secondary N) is 1. The average Bonchev–Trinajstić information content (AvgIpc) is 3.06. The van der Waals surface area contributed by atoms with E-state index in [-0.39, 0.29) is 18.5 Å². The number of carbonyl (C=O) groups excluding carboxylic acids is 3. The van der Waals surface area contributed by atoms with Crippen molar-refractivity contribution in [2.24, 2.45) is 5.92 Å². The first kappa shape index (κ1) is 35.6. The third kappa shape index (κ3) is 30.9. The lowest BCUT2D eigenvalue weighted by molar-refractivity contribution is -0.130. The SMILES string of the molecule is CC.CC(C)C.CC1CCCN1C(=O)CNC(=O)OC(C)(C)C.CCC.COC=O. The van der Waals surface area contributed by atoms with E-state index >= 15 is 0 Å². The number of ether oxygens (including phenoxy) is 2. The molecule has 1 atom stereocenters. The Morgan fingerprint density at radius 3 is 1.83 bits per heavy atom. The molecule has 0 aromatic carbocycles. The van der Waals surface area contributed by atoms with E-state index in [1.54, 1.807) is 25.7 Å². The third-order valence-electron chi connectivity index (χ3n) is 2.75. The normalized spacial score (nSPS) is 14.2. The molecule has 0 aliphatic carbocycles. The van der Waals surface area contributed by atoms with Crippen LogP contribution in [-0.2, 0) is 19.1 Å². The summed E-state index contributed by atoms with van der Waals surface area (Å²) in [5, 5.41) is 2.48. The monoisotopic (exact) mass is 434 g/mol. The van der Waals surface area contributed by atoms with Crippen LogP contribution in [0.1, 0.15) is 95.4 Å². The highest BCUT2D eigenvalue weighted by molar-refractivity contribution is 5.82. The minimum Gasteiger partial charge on any atom is -0.471 e. The van der Waals surface area contributed by atoms with Crippen molar-refractivity contribution in [3.63, 3.8) is 0 Å². The number of hydrogen-bond donors (Lipinski definition) is 1. The zero-order valence-corrected chi connectivity index (χ0v) is 21.8. The standard InChI is InChI=1S/C12H22N2O3.C4H10.C3H8.C2H4O2.C2H6/c1-9-6-5-7-14(9)10(15)8-13-11(16)17-12(2,3)4;1-4(2)3;1-3-2;1-4-2-3;1-2/h9H,5-8H2,1-4H3,(H,13,16);4H,1-3H3;3H2,1-2H3;2H,1H3;1-2H3. The smallest absolute Gasteiger partial charge is 0.408 e. The first-order valence-electron chi connectivity index (χ1n) is 11.1. The second-order valence-corrected chi connectivity index (χ2v) is 8.20. The van der Waals surface area contributed by atoms with Crippen molar-refractivity contribution in [3.05, 3.63) is 0 Å². The summed E-state index contributed by atoms with van der Waals surface area (Å²) in [6.45, 7) is 23.3. The summed E-state index contributed by atoms with van der Waals surface area (Å²) < 4.78 is 8.92. The van der Waals surface area contributed by atoms with E-state index in [0.29, 0.717) is 6.47 Å². The summed E-state index contributed by atoms with van der Waals surface area (Å²) in [5.74, 6) is 0.792. The van der Waals surface area contributed by atoms with Crippen LogP contribution in [0.3, 0.4) is 0 Å². The first-order valence-corrected chi connectivity index (χ1v) is 11.1. The topological polar surface area (TPSA) is 84.9 Å². The number of nitrogens with zero attached hydrogens (tertiary/aromatic N) is 1. The van der Waals surface area contributed by atoms with E-state index in [2.05, 4.69) is 44.7 Å². The van der Waals surface area contributed by atoms with E-state index in [1.165, 1.54) is 13.5 Å². The molecule has 1 fully saturated rings. The second-order valence-electron chi connectivity index (χ2n) is 8.20. The fourth-order valence-electron chi connectivity index (χ4n) is 1.87. The van der Waals surface area contributed by atoms with Gasteiger partial charge in [-0.3, -0.25) is 9.59 Å². The van der Waals surface area contributed by atoms with Gasteiger partial charge in [-0.25, -0.2) is 4.79 Å². The number of carbonyl (C=O) groups is 3. The Morgan fingerprint density at radius 2 is 1.57 bits per heavy atom. The molecule has 1 N–H and O–H groups in total. The highest BCUT2D eigenvalue weighted by Gasteiger charge is 2.25. The van der Waals surface area contributed by atoms with Crippen LogP contribution in [0, 0.1) is 5.92 Å². The largest absolute Gasteiger partial charge is 0.471 e. The van der Waals surface area contributed by atoms with Crippen LogP contribution in [0.25, 0.3) is 0 Å². The first-order chi connectivity index (χ1) is 13.9. The van der Waals surface area contributed by atoms with Gasteiger partial charge < -0.3 is 19.7 Å². The number of amides is 2. The number of alkyl carbamates (subject to hydrolysis) is 1. The van der Waals surface area contributed by atoms with Crippen LogP contribution < -0.4 is 5.32 Å². The van der Waals surface area contributed by atoms with E-state index in [0.717, 1.165) is 25.3 Å². The average molecular weight is 435 g/mol. The molecule has 1 aliphatic rings. The van der Waals surface area contributed by atoms with Crippen LogP contribution in [0.4, 0.5) is 4.79 Å². The van der Waals surface area contributed by atoms with Crippen LogP contribution >= 0.6 is 0 Å². The zero-order valence-electron chi connectivity index (χ0n) is 21.8. The van der Waals surface area contributed by atoms with E-state index in [4.69, 9.17) is 9.53 Å². The fraction of sp³-hybridized carbons (Fsp3) is 0.870. The molecular formula is C23H50N2O5. The fourth-order valence-corrected chi connectivity index (χ4v) is 1.87. The Morgan fingerprint density at radius 1 is 1.17 bits per heavy atom. The van der Waals surface area contributed by atoms with Gasteiger partial charge in [-0.2, -0.15) is 0 Å². The molecule has 7 nitrogen and oxygen atoms in total. The molecular weight excluding hydrogens is 384 g/mol. The zero-order chi connectivity index (χ0) is 24.8. The molecule has 2 amide bonds. The Bertz CT molecular complexity index is 404. The van der Waals surface area contributed by atoms with E-state index in [1.807, 2.05) is 20.8 Å². The molecule has 0 radical (unpaired) electrons. The summed E-state index contributed by atoms with van der Waals surface area (Å²) in [6.07, 6.45) is 2.79. The lowest BCUT2D eigenvalue weighted by Crippen LogP contribution is -2.43. The van der Waals surface area contributed by atoms with Crippen molar-refractivity contribution in [3.8, 4) is 0 Å². The van der Waals surface area contributed by atoms with E-state index in [9.17, 15) is 9.59 Å². The van der Waals surface area contributed by atoms with Crippen molar-refractivity contribution in [1.29, 1.82) is 0 Å². The van der Waals surface area contributed by atoms with Gasteiger partial charge in [0, 0.05) is 12.6 Å². The van der Waals surface area contributed by atoms with Crippen LogP contribution in [0.5, 0.6) is 0 Å². The minimum atomic E-state index is -0.544. The van der Waals surface area contributed by atoms with Crippen molar-refractivity contribution in [2.45, 2.75) is 107 Å². The quantitative estimate of drug-likeness (QED) is 0.600. The van der Waals surface area contributed by atoms with Crippen molar-refractivity contribution >= 4 is 18.5 Å². The maximum atomic E-state index is 11.8. The van der Waals surface area contributed by atoms with Crippen LogP contribution in [-0.4, -0.2) is 55.2 Å². The van der Waals surface area contributed by atoms with Gasteiger partial charge in [-0.15, -0.1) is 0 Å². The molecule has 0 spiro atoms. The molecule has 0 aromatic rings. The highest BCUT2D eigenvalue weighted by atomic mass is 16.6. The molecule has 1 saturated heterocycles.